The van der Waals surface area contributed by atoms with Crippen molar-refractivity contribution in [3.63, 3.8) is 0 Å². The van der Waals surface area contributed by atoms with E-state index < -0.39 is 0 Å². The summed E-state index contributed by atoms with van der Waals surface area (Å²) >= 11 is 3.63. The smallest absolute Gasteiger partial charge is 0.295 e. The van der Waals surface area contributed by atoms with Crippen molar-refractivity contribution < 1.29 is 9.66 Å². The van der Waals surface area contributed by atoms with Crippen LogP contribution in [0.2, 0.25) is 0 Å². The fraction of sp³-hybridized carbons (Fsp3) is 0.222. The molecule has 2 heterocycles. The van der Waals surface area contributed by atoms with Gasteiger partial charge in [-0.25, -0.2) is 0 Å². The highest BCUT2D eigenvalue weighted by Crippen LogP contribution is 2.40. The van der Waals surface area contributed by atoms with E-state index in [4.69, 9.17) is 4.74 Å². The Morgan fingerprint density at radius 3 is 2.56 bits per heavy atom. The summed E-state index contributed by atoms with van der Waals surface area (Å²) in [5, 5.41) is 12.4. The van der Waals surface area contributed by atoms with Gasteiger partial charge in [-0.3, -0.25) is 10.1 Å². The highest BCUT2D eigenvalue weighted by Gasteiger charge is 2.23. The highest BCUT2D eigenvalue weighted by atomic mass is 79.9. The number of hydrogen-bond donors (Lipinski definition) is 1. The Morgan fingerprint density at radius 1 is 1.16 bits per heavy atom. The van der Waals surface area contributed by atoms with Crippen LogP contribution < -0.4 is 4.90 Å². The molecule has 3 aromatic rings. The minimum Gasteiger partial charge on any atom is -0.378 e. The molecular formula is C18H16BrN3O3. The normalized spacial score (nSPS) is 14.8. The van der Waals surface area contributed by atoms with Crippen LogP contribution in [0, 0.1) is 10.1 Å². The highest BCUT2D eigenvalue weighted by molar-refractivity contribution is 9.10. The molecule has 1 saturated heterocycles. The lowest BCUT2D eigenvalue weighted by Gasteiger charge is -2.28. The van der Waals surface area contributed by atoms with Crippen molar-refractivity contribution in [1.29, 1.82) is 0 Å². The van der Waals surface area contributed by atoms with Gasteiger partial charge in [0.15, 0.2) is 0 Å². The summed E-state index contributed by atoms with van der Waals surface area (Å²) in [6.07, 6.45) is 0. The number of H-pyrrole nitrogens is 1. The molecule has 7 heteroatoms. The van der Waals surface area contributed by atoms with Gasteiger partial charge in [0.2, 0.25) is 0 Å². The number of rotatable bonds is 3. The molecule has 1 N–H and O–H groups in total. The molecule has 2 aromatic carbocycles. The minimum absolute atomic E-state index is 0.0851. The van der Waals surface area contributed by atoms with Gasteiger partial charge < -0.3 is 14.6 Å². The standard InChI is InChI=1S/C18H16BrN3O3/c19-16-14-10-13(21-6-8-25-9-7-21)11-15(22(23)24)18(14)20-17(16)12-4-2-1-3-5-12/h1-5,10-11,20H,6-9H2. The third kappa shape index (κ3) is 2.89. The second-order valence-electron chi connectivity index (χ2n) is 5.92. The van der Waals surface area contributed by atoms with E-state index in [9.17, 15) is 10.1 Å². The minimum atomic E-state index is -0.329. The van der Waals surface area contributed by atoms with Gasteiger partial charge in [0, 0.05) is 30.2 Å². The average Bonchev–Trinajstić information content (AvgIpc) is 2.99. The Kier molecular flexibility index (Phi) is 4.19. The summed E-state index contributed by atoms with van der Waals surface area (Å²) in [5.41, 5.74) is 3.29. The first-order valence-electron chi connectivity index (χ1n) is 8.03. The third-order valence-corrected chi connectivity index (χ3v) is 5.27. The summed E-state index contributed by atoms with van der Waals surface area (Å²) in [6, 6.07) is 13.4. The van der Waals surface area contributed by atoms with Crippen LogP contribution in [0.25, 0.3) is 22.2 Å². The number of aromatic amines is 1. The molecule has 128 valence electrons. The number of fused-ring (bicyclic) bond motifs is 1. The van der Waals surface area contributed by atoms with E-state index >= 15 is 0 Å². The van der Waals surface area contributed by atoms with E-state index in [2.05, 4.69) is 25.8 Å². The molecule has 0 bridgehead atoms. The van der Waals surface area contributed by atoms with Gasteiger partial charge in [-0.1, -0.05) is 30.3 Å². The Labute approximate surface area is 152 Å². The maximum absolute atomic E-state index is 11.6. The van der Waals surface area contributed by atoms with Gasteiger partial charge in [0.1, 0.15) is 5.52 Å². The zero-order valence-corrected chi connectivity index (χ0v) is 15.0. The number of hydrogen-bond acceptors (Lipinski definition) is 4. The number of halogens is 1. The predicted octanol–water partition coefficient (Wildman–Crippen LogP) is 4.34. The molecule has 6 nitrogen and oxygen atoms in total. The maximum atomic E-state index is 11.6. The quantitative estimate of drug-likeness (QED) is 0.523. The zero-order valence-electron chi connectivity index (χ0n) is 13.4. The number of aromatic nitrogens is 1. The molecule has 0 unspecified atom stereocenters. The summed E-state index contributed by atoms with van der Waals surface area (Å²) < 4.78 is 6.22. The summed E-state index contributed by atoms with van der Waals surface area (Å²) in [5.74, 6) is 0. The van der Waals surface area contributed by atoms with Crippen LogP contribution in [0.3, 0.4) is 0 Å². The summed E-state index contributed by atoms with van der Waals surface area (Å²) in [4.78, 5) is 16.7. The average molecular weight is 402 g/mol. The van der Waals surface area contributed by atoms with Gasteiger partial charge in [-0.15, -0.1) is 0 Å². The molecule has 0 amide bonds. The topological polar surface area (TPSA) is 71.4 Å². The summed E-state index contributed by atoms with van der Waals surface area (Å²) in [7, 11) is 0. The van der Waals surface area contributed by atoms with Gasteiger partial charge in [0.25, 0.3) is 5.69 Å². The summed E-state index contributed by atoms with van der Waals surface area (Å²) in [6.45, 7) is 2.73. The molecule has 1 aliphatic heterocycles. The third-order valence-electron chi connectivity index (χ3n) is 4.44. The largest absolute Gasteiger partial charge is 0.378 e. The molecule has 1 fully saturated rings. The second kappa shape index (κ2) is 6.50. The fourth-order valence-corrected chi connectivity index (χ4v) is 3.82. The van der Waals surface area contributed by atoms with Crippen LogP contribution in [0.1, 0.15) is 0 Å². The van der Waals surface area contributed by atoms with Gasteiger partial charge in [-0.2, -0.15) is 0 Å². The zero-order chi connectivity index (χ0) is 17.4. The van der Waals surface area contributed by atoms with Crippen LogP contribution >= 0.6 is 15.9 Å². The molecular weight excluding hydrogens is 386 g/mol. The van der Waals surface area contributed by atoms with Gasteiger partial charge in [-0.05, 0) is 27.6 Å². The number of morpholine rings is 1. The number of ether oxygens (including phenoxy) is 1. The van der Waals surface area contributed by atoms with Crippen molar-refractivity contribution in [3.05, 3.63) is 57.1 Å². The molecule has 0 spiro atoms. The molecule has 4 rings (SSSR count). The molecule has 1 aromatic heterocycles. The van der Waals surface area contributed by atoms with E-state index in [-0.39, 0.29) is 10.6 Å². The van der Waals surface area contributed by atoms with Gasteiger partial charge >= 0.3 is 0 Å². The Balaban J connectivity index is 1.91. The van der Waals surface area contributed by atoms with Crippen LogP contribution in [-0.2, 0) is 4.74 Å². The first-order chi connectivity index (χ1) is 12.1. The second-order valence-corrected chi connectivity index (χ2v) is 6.72. The fourth-order valence-electron chi connectivity index (χ4n) is 3.18. The van der Waals surface area contributed by atoms with Crippen molar-refractivity contribution in [2.24, 2.45) is 0 Å². The molecule has 0 radical (unpaired) electrons. The van der Waals surface area contributed by atoms with E-state index in [1.54, 1.807) is 6.07 Å². The number of nitrogens with one attached hydrogen (secondary N) is 1. The first kappa shape index (κ1) is 16.1. The van der Waals surface area contributed by atoms with Crippen LogP contribution in [0.5, 0.6) is 0 Å². The van der Waals surface area contributed by atoms with Crippen LogP contribution in [-0.4, -0.2) is 36.2 Å². The van der Waals surface area contributed by atoms with Gasteiger partial charge in [0.05, 0.1) is 28.3 Å². The van der Waals surface area contributed by atoms with Crippen LogP contribution in [0.4, 0.5) is 11.4 Å². The molecule has 1 aliphatic rings. The lowest BCUT2D eigenvalue weighted by atomic mass is 10.1. The van der Waals surface area contributed by atoms with Crippen LogP contribution in [0.15, 0.2) is 46.9 Å². The van der Waals surface area contributed by atoms with Crippen molar-refractivity contribution in [3.8, 4) is 11.3 Å². The first-order valence-corrected chi connectivity index (χ1v) is 8.82. The number of nitrogens with zero attached hydrogens (tertiary/aromatic N) is 2. The SMILES string of the molecule is O=[N+]([O-])c1cc(N2CCOCC2)cc2c(Br)c(-c3ccccc3)[nH]c12. The number of benzene rings is 2. The van der Waals surface area contributed by atoms with Crippen molar-refractivity contribution in [1.82, 2.24) is 4.98 Å². The Morgan fingerprint density at radius 2 is 1.88 bits per heavy atom. The van der Waals surface area contributed by atoms with Crippen molar-refractivity contribution in [2.45, 2.75) is 0 Å². The molecule has 25 heavy (non-hydrogen) atoms. The lowest BCUT2D eigenvalue weighted by molar-refractivity contribution is -0.383. The monoisotopic (exact) mass is 401 g/mol. The number of nitro benzene ring substituents is 1. The number of nitro groups is 1. The molecule has 0 aliphatic carbocycles. The van der Waals surface area contributed by atoms with E-state index in [0.717, 1.165) is 39.9 Å². The van der Waals surface area contributed by atoms with Crippen molar-refractivity contribution >= 4 is 38.2 Å². The van der Waals surface area contributed by atoms with E-state index in [0.29, 0.717) is 18.7 Å². The maximum Gasteiger partial charge on any atom is 0.295 e. The lowest BCUT2D eigenvalue weighted by Crippen LogP contribution is -2.36. The molecule has 0 atom stereocenters. The van der Waals surface area contributed by atoms with E-state index in [1.165, 1.54) is 0 Å². The number of anilines is 1. The predicted molar refractivity (Wildman–Crippen MR) is 101 cm³/mol. The molecule has 0 saturated carbocycles. The Bertz CT molecular complexity index is 934. The Hall–Kier alpha value is -2.38. The van der Waals surface area contributed by atoms with E-state index in [1.807, 2.05) is 36.4 Å². The number of non-ortho nitro benzene ring substituents is 1. The van der Waals surface area contributed by atoms with Crippen molar-refractivity contribution in [2.75, 3.05) is 31.2 Å².